The first-order chi connectivity index (χ1) is 8.95. The van der Waals surface area contributed by atoms with E-state index in [0.29, 0.717) is 5.69 Å². The molecule has 2 aromatic rings. The van der Waals surface area contributed by atoms with E-state index in [0.717, 1.165) is 12.3 Å². The second kappa shape index (κ2) is 5.11. The molecule has 19 heavy (non-hydrogen) atoms. The van der Waals surface area contributed by atoms with E-state index in [4.69, 9.17) is 22.4 Å². The number of aromatic nitrogens is 1. The summed E-state index contributed by atoms with van der Waals surface area (Å²) in [6.45, 7) is 0. The predicted octanol–water partition coefficient (Wildman–Crippen LogP) is 2.90. The first-order valence-electron chi connectivity index (χ1n) is 5.17. The Morgan fingerprint density at radius 1 is 1.37 bits per heavy atom. The summed E-state index contributed by atoms with van der Waals surface area (Å²) in [4.78, 5) is 14.6. The third kappa shape index (κ3) is 3.11. The van der Waals surface area contributed by atoms with Gasteiger partial charge in [0.05, 0.1) is 11.3 Å². The Hall–Kier alpha value is -2.34. The van der Waals surface area contributed by atoms with Gasteiger partial charge in [0.1, 0.15) is 5.82 Å². The summed E-state index contributed by atoms with van der Waals surface area (Å²) >= 11 is 5.71. The zero-order chi connectivity index (χ0) is 14.0. The Kier molecular flexibility index (Phi) is 3.52. The lowest BCUT2D eigenvalue weighted by atomic mass is 10.2. The van der Waals surface area contributed by atoms with Gasteiger partial charge in [0, 0.05) is 16.9 Å². The van der Waals surface area contributed by atoms with Gasteiger partial charge < -0.3 is 16.2 Å². The molecule has 0 radical (unpaired) electrons. The molecule has 2 rings (SSSR count). The molecule has 0 aliphatic heterocycles. The number of carbonyl (C=O) groups is 1. The van der Waals surface area contributed by atoms with Crippen LogP contribution < -0.4 is 11.1 Å². The van der Waals surface area contributed by atoms with Gasteiger partial charge in [-0.1, -0.05) is 11.6 Å². The van der Waals surface area contributed by atoms with E-state index in [1.807, 2.05) is 0 Å². The second-order valence-electron chi connectivity index (χ2n) is 3.75. The molecule has 0 saturated heterocycles. The average Bonchev–Trinajstić information content (AvgIpc) is 2.30. The minimum Gasteiger partial charge on any atom is -0.478 e. The van der Waals surface area contributed by atoms with Crippen molar-refractivity contribution in [1.29, 1.82) is 0 Å². The van der Waals surface area contributed by atoms with Crippen LogP contribution in [-0.4, -0.2) is 16.1 Å². The van der Waals surface area contributed by atoms with Gasteiger partial charge in [-0.3, -0.25) is 0 Å². The number of rotatable bonds is 3. The Bertz CT molecular complexity index is 629. The third-order valence-electron chi connectivity index (χ3n) is 2.29. The number of anilines is 3. The number of carboxylic acid groups (broad SMARTS) is 1. The average molecular weight is 282 g/mol. The van der Waals surface area contributed by atoms with Gasteiger partial charge in [-0.25, -0.2) is 14.2 Å². The van der Waals surface area contributed by atoms with Crippen molar-refractivity contribution in [3.63, 3.8) is 0 Å². The number of aromatic carboxylic acids is 1. The van der Waals surface area contributed by atoms with Crippen LogP contribution >= 0.6 is 11.6 Å². The van der Waals surface area contributed by atoms with Crippen LogP contribution in [0.3, 0.4) is 0 Å². The summed E-state index contributed by atoms with van der Waals surface area (Å²) in [5.74, 6) is -1.40. The lowest BCUT2D eigenvalue weighted by Gasteiger charge is -2.09. The van der Waals surface area contributed by atoms with Gasteiger partial charge in [-0.05, 0) is 24.3 Å². The number of carboxylic acids is 1. The number of nitrogens with two attached hydrogens (primary N) is 1. The standard InChI is InChI=1S/C12H9ClFN3O2/c13-7-2-8(14)4-9(3-7)17-11-10(15)1-6(5-16-11)12(18)19/h1-5H,15H2,(H,16,17)(H,18,19). The van der Waals surface area contributed by atoms with E-state index in [1.54, 1.807) is 0 Å². The van der Waals surface area contributed by atoms with Crippen molar-refractivity contribution in [3.05, 3.63) is 46.9 Å². The number of hydrogen-bond donors (Lipinski definition) is 3. The predicted molar refractivity (Wildman–Crippen MR) is 70.3 cm³/mol. The SMILES string of the molecule is Nc1cc(C(=O)O)cnc1Nc1cc(F)cc(Cl)c1. The van der Waals surface area contributed by atoms with Crippen molar-refractivity contribution in [2.45, 2.75) is 0 Å². The van der Waals surface area contributed by atoms with E-state index in [-0.39, 0.29) is 22.1 Å². The number of halogens is 2. The maximum absolute atomic E-state index is 13.1. The largest absolute Gasteiger partial charge is 0.478 e. The number of hydrogen-bond acceptors (Lipinski definition) is 4. The molecule has 1 aromatic carbocycles. The van der Waals surface area contributed by atoms with Crippen molar-refractivity contribution < 1.29 is 14.3 Å². The van der Waals surface area contributed by atoms with Gasteiger partial charge in [-0.2, -0.15) is 0 Å². The number of nitrogens with zero attached hydrogens (tertiary/aromatic N) is 1. The van der Waals surface area contributed by atoms with Crippen LogP contribution in [0.4, 0.5) is 21.6 Å². The lowest BCUT2D eigenvalue weighted by molar-refractivity contribution is 0.0696. The first kappa shape index (κ1) is 13.1. The molecule has 0 aliphatic carbocycles. The molecule has 5 nitrogen and oxygen atoms in total. The Morgan fingerprint density at radius 2 is 2.11 bits per heavy atom. The lowest BCUT2D eigenvalue weighted by Crippen LogP contribution is -2.04. The highest BCUT2D eigenvalue weighted by atomic mass is 35.5. The molecule has 4 N–H and O–H groups in total. The highest BCUT2D eigenvalue weighted by Gasteiger charge is 2.08. The third-order valence-corrected chi connectivity index (χ3v) is 2.51. The molecule has 1 aromatic heterocycles. The van der Waals surface area contributed by atoms with Crippen LogP contribution in [0, 0.1) is 5.82 Å². The summed E-state index contributed by atoms with van der Waals surface area (Å²) < 4.78 is 13.1. The zero-order valence-corrected chi connectivity index (χ0v) is 10.3. The Balaban J connectivity index is 2.30. The van der Waals surface area contributed by atoms with Gasteiger partial charge in [0.2, 0.25) is 0 Å². The molecular weight excluding hydrogens is 273 g/mol. The first-order valence-corrected chi connectivity index (χ1v) is 5.55. The number of nitrogen functional groups attached to an aromatic ring is 1. The zero-order valence-electron chi connectivity index (χ0n) is 9.52. The number of nitrogens with one attached hydrogen (secondary N) is 1. The van der Waals surface area contributed by atoms with E-state index in [9.17, 15) is 9.18 Å². The fourth-order valence-electron chi connectivity index (χ4n) is 1.47. The molecule has 7 heteroatoms. The van der Waals surface area contributed by atoms with Crippen molar-refractivity contribution >= 4 is 34.8 Å². The molecule has 0 bridgehead atoms. The molecule has 0 spiro atoms. The maximum atomic E-state index is 13.1. The molecule has 0 aliphatic rings. The van der Waals surface area contributed by atoms with E-state index in [2.05, 4.69) is 10.3 Å². The summed E-state index contributed by atoms with van der Waals surface area (Å²) in [5.41, 5.74) is 6.15. The van der Waals surface area contributed by atoms with Gasteiger partial charge in [-0.15, -0.1) is 0 Å². The van der Waals surface area contributed by atoms with Crippen molar-refractivity contribution in [1.82, 2.24) is 4.98 Å². The molecule has 0 atom stereocenters. The number of benzene rings is 1. The highest BCUT2D eigenvalue weighted by Crippen LogP contribution is 2.24. The van der Waals surface area contributed by atoms with Crippen LogP contribution in [0.15, 0.2) is 30.5 Å². The normalized spacial score (nSPS) is 10.2. The van der Waals surface area contributed by atoms with Crippen LogP contribution in [-0.2, 0) is 0 Å². The molecule has 0 unspecified atom stereocenters. The minimum absolute atomic E-state index is 0.0275. The minimum atomic E-state index is -1.13. The van der Waals surface area contributed by atoms with Crippen LogP contribution in [0.5, 0.6) is 0 Å². The van der Waals surface area contributed by atoms with E-state index >= 15 is 0 Å². The number of pyridine rings is 1. The molecule has 98 valence electrons. The molecule has 0 saturated carbocycles. The monoisotopic (exact) mass is 281 g/mol. The van der Waals surface area contributed by atoms with Crippen molar-refractivity contribution in [2.24, 2.45) is 0 Å². The fourth-order valence-corrected chi connectivity index (χ4v) is 1.69. The van der Waals surface area contributed by atoms with Crippen LogP contribution in [0.1, 0.15) is 10.4 Å². The summed E-state index contributed by atoms with van der Waals surface area (Å²) in [6.07, 6.45) is 1.15. The fraction of sp³-hybridized carbons (Fsp3) is 0. The van der Waals surface area contributed by atoms with Crippen LogP contribution in [0.2, 0.25) is 5.02 Å². The topological polar surface area (TPSA) is 88.2 Å². The Labute approximate surface area is 112 Å². The van der Waals surface area contributed by atoms with E-state index in [1.165, 1.54) is 18.2 Å². The van der Waals surface area contributed by atoms with Gasteiger partial charge in [0.15, 0.2) is 5.82 Å². The van der Waals surface area contributed by atoms with Crippen molar-refractivity contribution in [2.75, 3.05) is 11.1 Å². The smallest absolute Gasteiger partial charge is 0.337 e. The van der Waals surface area contributed by atoms with E-state index < -0.39 is 11.8 Å². The van der Waals surface area contributed by atoms with Gasteiger partial charge >= 0.3 is 5.97 Å². The van der Waals surface area contributed by atoms with Crippen molar-refractivity contribution in [3.8, 4) is 0 Å². The maximum Gasteiger partial charge on any atom is 0.337 e. The molecule has 1 heterocycles. The summed E-state index contributed by atoms with van der Waals surface area (Å²) in [5, 5.41) is 11.8. The summed E-state index contributed by atoms with van der Waals surface area (Å²) in [6, 6.07) is 5.14. The molecular formula is C12H9ClFN3O2. The van der Waals surface area contributed by atoms with Gasteiger partial charge in [0.25, 0.3) is 0 Å². The second-order valence-corrected chi connectivity index (χ2v) is 4.19. The van der Waals surface area contributed by atoms with Crippen LogP contribution in [0.25, 0.3) is 0 Å². The Morgan fingerprint density at radius 3 is 2.68 bits per heavy atom. The highest BCUT2D eigenvalue weighted by molar-refractivity contribution is 6.30. The molecule has 0 fully saturated rings. The summed E-state index contributed by atoms with van der Waals surface area (Å²) in [7, 11) is 0. The molecule has 0 amide bonds. The quantitative estimate of drug-likeness (QED) is 0.805.